The molecule has 32 heavy (non-hydrogen) atoms. The molecular weight excluding hydrogens is 415 g/mol. The van der Waals surface area contributed by atoms with Crippen molar-refractivity contribution >= 4 is 16.9 Å². The molecule has 4 aromatic rings. The Hall–Kier alpha value is -4.07. The molecule has 0 bridgehead atoms. The number of fused-ring (bicyclic) bond motifs is 2. The molecule has 3 atom stereocenters. The number of aromatic nitrogens is 6. The topological polar surface area (TPSA) is 119 Å². The summed E-state index contributed by atoms with van der Waals surface area (Å²) in [7, 11) is 1.75. The highest BCUT2D eigenvalue weighted by Crippen LogP contribution is 2.57. The number of anilines is 1. The minimum atomic E-state index is -0.501. The standard InChI is InChI=1S/C21H17FN8O2/c1-28-9-24-20-18(28)21(31)30(10-25-20)8-16-26-19(27-32-16)17-13-6-29(7-14(13)17)12-3-2-11(5-23)15(22)4-12/h2-4,9-10,13-14,17H,6-8H2,1H3/t13-,14+,17+. The molecule has 6 rings (SSSR count). The highest BCUT2D eigenvalue weighted by Gasteiger charge is 2.58. The molecule has 2 aliphatic rings. The molecule has 3 aromatic heterocycles. The number of aryl methyl sites for hydroxylation is 1. The third-order valence-corrected chi connectivity index (χ3v) is 6.42. The minimum Gasteiger partial charge on any atom is -0.371 e. The maximum atomic E-state index is 13.9. The molecule has 160 valence electrons. The van der Waals surface area contributed by atoms with Gasteiger partial charge >= 0.3 is 0 Å². The number of hydrogen-bond acceptors (Lipinski definition) is 8. The summed E-state index contributed by atoms with van der Waals surface area (Å²) in [6, 6.07) is 6.54. The smallest absolute Gasteiger partial charge is 0.280 e. The summed E-state index contributed by atoms with van der Waals surface area (Å²) >= 11 is 0. The second-order valence-electron chi connectivity index (χ2n) is 8.29. The van der Waals surface area contributed by atoms with Crippen molar-refractivity contribution in [1.29, 1.82) is 5.26 Å². The Kier molecular flexibility index (Phi) is 3.92. The third-order valence-electron chi connectivity index (χ3n) is 6.42. The van der Waals surface area contributed by atoms with Crippen LogP contribution in [0.2, 0.25) is 0 Å². The van der Waals surface area contributed by atoms with Gasteiger partial charge in [0.1, 0.15) is 24.8 Å². The Balaban J connectivity index is 1.15. The normalized spacial score (nSPS) is 21.7. The van der Waals surface area contributed by atoms with Crippen LogP contribution in [0.1, 0.15) is 23.2 Å². The van der Waals surface area contributed by atoms with Gasteiger partial charge < -0.3 is 14.0 Å². The van der Waals surface area contributed by atoms with E-state index < -0.39 is 5.82 Å². The van der Waals surface area contributed by atoms with Crippen LogP contribution in [0.4, 0.5) is 10.1 Å². The van der Waals surface area contributed by atoms with Gasteiger partial charge in [-0.05, 0) is 30.0 Å². The molecule has 0 radical (unpaired) electrons. The SMILES string of the molecule is Cn1cnc2ncn(Cc3nc([C@H]4[C@@H]5CN(c6ccc(C#N)c(F)c6)C[C@@H]54)no3)c(=O)c21. The molecule has 0 amide bonds. The van der Waals surface area contributed by atoms with E-state index >= 15 is 0 Å². The quantitative estimate of drug-likeness (QED) is 0.475. The van der Waals surface area contributed by atoms with E-state index in [-0.39, 0.29) is 23.6 Å². The lowest BCUT2D eigenvalue weighted by molar-refractivity contribution is 0.363. The Morgan fingerprint density at radius 1 is 1.25 bits per heavy atom. The molecule has 0 unspecified atom stereocenters. The van der Waals surface area contributed by atoms with Crippen molar-refractivity contribution in [3.63, 3.8) is 0 Å². The van der Waals surface area contributed by atoms with Crippen molar-refractivity contribution in [2.75, 3.05) is 18.0 Å². The van der Waals surface area contributed by atoms with Gasteiger partial charge in [0.15, 0.2) is 17.0 Å². The Bertz CT molecular complexity index is 1450. The Morgan fingerprint density at radius 3 is 2.78 bits per heavy atom. The first-order valence-electron chi connectivity index (χ1n) is 10.2. The van der Waals surface area contributed by atoms with Crippen molar-refractivity contribution in [3.05, 3.63) is 64.3 Å². The van der Waals surface area contributed by atoms with Crippen molar-refractivity contribution < 1.29 is 8.91 Å². The van der Waals surface area contributed by atoms with Crippen LogP contribution in [0.3, 0.4) is 0 Å². The van der Waals surface area contributed by atoms with Gasteiger partial charge in [-0.3, -0.25) is 9.36 Å². The first-order chi connectivity index (χ1) is 15.5. The van der Waals surface area contributed by atoms with Crippen LogP contribution in [0.15, 0.2) is 40.2 Å². The summed E-state index contributed by atoms with van der Waals surface area (Å²) in [6.07, 6.45) is 2.98. The van der Waals surface area contributed by atoms with E-state index in [1.54, 1.807) is 24.0 Å². The molecular formula is C21H17FN8O2. The zero-order valence-corrected chi connectivity index (χ0v) is 17.0. The number of nitriles is 1. The number of imidazole rings is 1. The Labute approximate surface area is 180 Å². The third kappa shape index (κ3) is 2.80. The second-order valence-corrected chi connectivity index (χ2v) is 8.29. The molecule has 1 aromatic carbocycles. The minimum absolute atomic E-state index is 0.0483. The summed E-state index contributed by atoms with van der Waals surface area (Å²) < 4.78 is 22.4. The molecule has 2 fully saturated rings. The van der Waals surface area contributed by atoms with Crippen molar-refractivity contribution in [2.24, 2.45) is 18.9 Å². The highest BCUT2D eigenvalue weighted by atomic mass is 19.1. The zero-order chi connectivity index (χ0) is 22.0. The summed E-state index contributed by atoms with van der Waals surface area (Å²) in [6.45, 7) is 1.68. The fourth-order valence-corrected chi connectivity index (χ4v) is 4.71. The molecule has 1 aliphatic heterocycles. The zero-order valence-electron chi connectivity index (χ0n) is 17.0. The molecule has 11 heteroatoms. The van der Waals surface area contributed by atoms with Gasteiger partial charge in [0, 0.05) is 31.7 Å². The monoisotopic (exact) mass is 432 g/mol. The average molecular weight is 432 g/mol. The van der Waals surface area contributed by atoms with E-state index in [9.17, 15) is 9.18 Å². The largest absolute Gasteiger partial charge is 0.371 e. The molecule has 1 aliphatic carbocycles. The number of nitrogens with zero attached hydrogens (tertiary/aromatic N) is 8. The van der Waals surface area contributed by atoms with Crippen LogP contribution in [0.5, 0.6) is 0 Å². The van der Waals surface area contributed by atoms with Gasteiger partial charge in [0.2, 0.25) is 5.89 Å². The predicted molar refractivity (Wildman–Crippen MR) is 109 cm³/mol. The van der Waals surface area contributed by atoms with Crippen LogP contribution in [-0.2, 0) is 13.6 Å². The van der Waals surface area contributed by atoms with Crippen LogP contribution < -0.4 is 10.5 Å². The van der Waals surface area contributed by atoms with Crippen molar-refractivity contribution in [3.8, 4) is 6.07 Å². The number of benzene rings is 1. The number of piperidine rings is 1. The molecule has 0 spiro atoms. The van der Waals surface area contributed by atoms with Gasteiger partial charge in [-0.15, -0.1) is 0 Å². The highest BCUT2D eigenvalue weighted by molar-refractivity contribution is 5.68. The maximum Gasteiger partial charge on any atom is 0.280 e. The molecule has 1 saturated carbocycles. The van der Waals surface area contributed by atoms with E-state index in [1.807, 2.05) is 6.07 Å². The van der Waals surface area contributed by atoms with Crippen molar-refractivity contribution in [2.45, 2.75) is 12.5 Å². The number of rotatable bonds is 4. The van der Waals surface area contributed by atoms with E-state index in [0.717, 1.165) is 18.8 Å². The fraction of sp³-hybridized carbons (Fsp3) is 0.333. The second kappa shape index (κ2) is 6.71. The first-order valence-corrected chi connectivity index (χ1v) is 10.2. The molecule has 0 N–H and O–H groups in total. The lowest BCUT2D eigenvalue weighted by Gasteiger charge is -2.21. The molecule has 1 saturated heterocycles. The van der Waals surface area contributed by atoms with Gasteiger partial charge in [0.25, 0.3) is 5.56 Å². The molecule has 4 heterocycles. The average Bonchev–Trinajstić information content (AvgIpc) is 3.21. The lowest BCUT2D eigenvalue weighted by atomic mass is 10.2. The number of hydrogen-bond donors (Lipinski definition) is 0. The first kappa shape index (κ1) is 18.7. The van der Waals surface area contributed by atoms with Gasteiger partial charge in [-0.1, -0.05) is 5.16 Å². The van der Waals surface area contributed by atoms with Crippen molar-refractivity contribution in [1.82, 2.24) is 29.2 Å². The Morgan fingerprint density at radius 2 is 2.03 bits per heavy atom. The van der Waals surface area contributed by atoms with E-state index in [1.165, 1.54) is 23.0 Å². The van der Waals surface area contributed by atoms with Crippen LogP contribution in [0.25, 0.3) is 11.2 Å². The van der Waals surface area contributed by atoms with Gasteiger partial charge in [-0.2, -0.15) is 10.2 Å². The summed E-state index contributed by atoms with van der Waals surface area (Å²) in [4.78, 5) is 27.6. The maximum absolute atomic E-state index is 13.9. The van der Waals surface area contributed by atoms with Gasteiger partial charge in [-0.25, -0.2) is 14.4 Å². The number of halogens is 1. The van der Waals surface area contributed by atoms with E-state index in [2.05, 4.69) is 25.0 Å². The molecule has 10 nitrogen and oxygen atoms in total. The van der Waals surface area contributed by atoms with Crippen LogP contribution in [-0.4, -0.2) is 42.3 Å². The van der Waals surface area contributed by atoms with Gasteiger partial charge in [0.05, 0.1) is 11.9 Å². The predicted octanol–water partition coefficient (Wildman–Crippen LogP) is 1.42. The summed E-state index contributed by atoms with van der Waals surface area (Å²) in [5.74, 6) is 1.42. The lowest BCUT2D eigenvalue weighted by Crippen LogP contribution is -2.24. The van der Waals surface area contributed by atoms with Crippen LogP contribution in [0, 0.1) is 29.0 Å². The summed E-state index contributed by atoms with van der Waals surface area (Å²) in [5.41, 5.74) is 1.43. The summed E-state index contributed by atoms with van der Waals surface area (Å²) in [5, 5.41) is 13.0. The fourth-order valence-electron chi connectivity index (χ4n) is 4.71. The van der Waals surface area contributed by atoms with Crippen LogP contribution >= 0.6 is 0 Å². The van der Waals surface area contributed by atoms with E-state index in [0.29, 0.717) is 34.7 Å². The van der Waals surface area contributed by atoms with E-state index in [4.69, 9.17) is 9.78 Å².